The molecular formula is C20H17N3O2S. The number of pyridine rings is 1. The van der Waals surface area contributed by atoms with Crippen molar-refractivity contribution in [1.82, 2.24) is 4.98 Å². The Balaban J connectivity index is 1.57. The van der Waals surface area contributed by atoms with Crippen LogP contribution in [0.15, 0.2) is 60.2 Å². The maximum absolute atomic E-state index is 12.7. The third-order valence-corrected chi connectivity index (χ3v) is 5.21. The number of fused-ring (bicyclic) bond motifs is 1. The first kappa shape index (κ1) is 16.5. The molecule has 0 unspecified atom stereocenters. The van der Waals surface area contributed by atoms with Gasteiger partial charge in [-0.05, 0) is 60.2 Å². The fourth-order valence-corrected chi connectivity index (χ4v) is 3.79. The predicted octanol–water partition coefficient (Wildman–Crippen LogP) is 3.99. The maximum Gasteiger partial charge on any atom is 0.268 e. The van der Waals surface area contributed by atoms with Gasteiger partial charge in [0.2, 0.25) is 0 Å². The van der Waals surface area contributed by atoms with Gasteiger partial charge in [-0.2, -0.15) is 0 Å². The largest absolute Gasteiger partial charge is 0.322 e. The summed E-state index contributed by atoms with van der Waals surface area (Å²) in [7, 11) is 0. The number of carbonyl (C=O) groups is 2. The van der Waals surface area contributed by atoms with E-state index in [1.165, 1.54) is 17.5 Å². The summed E-state index contributed by atoms with van der Waals surface area (Å²) < 4.78 is 0. The third kappa shape index (κ3) is 3.23. The Morgan fingerprint density at radius 1 is 1.15 bits per heavy atom. The van der Waals surface area contributed by atoms with Crippen molar-refractivity contribution in [3.63, 3.8) is 0 Å². The fourth-order valence-electron chi connectivity index (χ4n) is 3.12. The Morgan fingerprint density at radius 3 is 2.85 bits per heavy atom. The van der Waals surface area contributed by atoms with Gasteiger partial charge in [0.15, 0.2) is 0 Å². The van der Waals surface area contributed by atoms with E-state index in [0.29, 0.717) is 12.1 Å². The minimum Gasteiger partial charge on any atom is -0.322 e. The summed E-state index contributed by atoms with van der Waals surface area (Å²) in [6.07, 6.45) is 4.97. The normalized spacial score (nSPS) is 13.2. The summed E-state index contributed by atoms with van der Waals surface area (Å²) in [5, 5.41) is 4.81. The average Bonchev–Trinajstić information content (AvgIpc) is 3.22. The Kier molecular flexibility index (Phi) is 4.50. The first-order chi connectivity index (χ1) is 12.7. The van der Waals surface area contributed by atoms with Crippen molar-refractivity contribution in [2.75, 3.05) is 16.8 Å². The van der Waals surface area contributed by atoms with E-state index in [-0.39, 0.29) is 11.8 Å². The highest BCUT2D eigenvalue weighted by Crippen LogP contribution is 2.31. The molecule has 0 atom stereocenters. The molecule has 0 radical (unpaired) electrons. The van der Waals surface area contributed by atoms with Crippen LogP contribution >= 0.6 is 11.3 Å². The predicted molar refractivity (Wildman–Crippen MR) is 103 cm³/mol. The lowest BCUT2D eigenvalue weighted by Crippen LogP contribution is -2.35. The van der Waals surface area contributed by atoms with E-state index in [0.717, 1.165) is 34.7 Å². The molecule has 1 aromatic carbocycles. The number of carbonyl (C=O) groups excluding carboxylic acids is 2. The number of thiophene rings is 1. The highest BCUT2D eigenvalue weighted by molar-refractivity contribution is 7.12. The van der Waals surface area contributed by atoms with Crippen LogP contribution in [-0.4, -0.2) is 23.3 Å². The van der Waals surface area contributed by atoms with Crippen molar-refractivity contribution in [3.8, 4) is 0 Å². The first-order valence-electron chi connectivity index (χ1n) is 8.42. The van der Waals surface area contributed by atoms with Crippen molar-refractivity contribution in [1.29, 1.82) is 0 Å². The van der Waals surface area contributed by atoms with E-state index in [4.69, 9.17) is 0 Å². The molecule has 4 rings (SSSR count). The van der Waals surface area contributed by atoms with Gasteiger partial charge in [-0.1, -0.05) is 6.07 Å². The van der Waals surface area contributed by atoms with E-state index in [9.17, 15) is 9.59 Å². The average molecular weight is 363 g/mol. The van der Waals surface area contributed by atoms with Crippen LogP contribution in [0, 0.1) is 0 Å². The SMILES string of the molecule is O=C(Nc1ccc2c(c1)CCCN2C(=O)c1cccs1)c1cccnc1. The Bertz CT molecular complexity index is 939. The summed E-state index contributed by atoms with van der Waals surface area (Å²) in [6.45, 7) is 0.713. The summed E-state index contributed by atoms with van der Waals surface area (Å²) in [4.78, 5) is 31.6. The van der Waals surface area contributed by atoms with Gasteiger partial charge in [-0.3, -0.25) is 14.6 Å². The van der Waals surface area contributed by atoms with Crippen molar-refractivity contribution in [3.05, 3.63) is 76.2 Å². The van der Waals surface area contributed by atoms with Crippen molar-refractivity contribution >= 4 is 34.5 Å². The molecule has 1 aliphatic rings. The molecule has 3 heterocycles. The van der Waals surface area contributed by atoms with Gasteiger partial charge in [0, 0.05) is 30.3 Å². The molecule has 1 aliphatic heterocycles. The van der Waals surface area contributed by atoms with Crippen LogP contribution in [0.4, 0.5) is 11.4 Å². The molecule has 26 heavy (non-hydrogen) atoms. The lowest BCUT2D eigenvalue weighted by molar-refractivity contribution is 0.0987. The molecule has 3 aromatic rings. The Labute approximate surface area is 155 Å². The van der Waals surface area contributed by atoms with E-state index in [2.05, 4.69) is 10.3 Å². The number of hydrogen-bond acceptors (Lipinski definition) is 4. The zero-order valence-corrected chi connectivity index (χ0v) is 14.8. The van der Waals surface area contributed by atoms with Gasteiger partial charge in [-0.25, -0.2) is 0 Å². The third-order valence-electron chi connectivity index (χ3n) is 4.36. The molecule has 2 aromatic heterocycles. The minimum absolute atomic E-state index is 0.0353. The van der Waals surface area contributed by atoms with Crippen molar-refractivity contribution in [2.45, 2.75) is 12.8 Å². The van der Waals surface area contributed by atoms with Crippen LogP contribution in [0.1, 0.15) is 32.0 Å². The molecule has 2 amide bonds. The molecule has 5 nitrogen and oxygen atoms in total. The zero-order valence-electron chi connectivity index (χ0n) is 14.0. The summed E-state index contributed by atoms with van der Waals surface area (Å²) in [6, 6.07) is 12.9. The second kappa shape index (κ2) is 7.09. The molecular weight excluding hydrogens is 346 g/mol. The van der Waals surface area contributed by atoms with E-state index >= 15 is 0 Å². The van der Waals surface area contributed by atoms with Crippen LogP contribution in [-0.2, 0) is 6.42 Å². The van der Waals surface area contributed by atoms with Gasteiger partial charge < -0.3 is 10.2 Å². The number of nitrogens with one attached hydrogen (secondary N) is 1. The standard InChI is InChI=1S/C20H17N3O2S/c24-19(15-4-1-9-21-13-15)22-16-7-8-17-14(12-16)5-2-10-23(17)20(25)18-6-3-11-26-18/h1,3-4,6-9,11-13H,2,5,10H2,(H,22,24). The quantitative estimate of drug-likeness (QED) is 0.765. The number of hydrogen-bond donors (Lipinski definition) is 1. The van der Waals surface area contributed by atoms with Crippen LogP contribution in [0.3, 0.4) is 0 Å². The molecule has 0 saturated heterocycles. The highest BCUT2D eigenvalue weighted by atomic mass is 32.1. The molecule has 0 saturated carbocycles. The van der Waals surface area contributed by atoms with Gasteiger partial charge in [0.25, 0.3) is 11.8 Å². The van der Waals surface area contributed by atoms with Gasteiger partial charge in [0.1, 0.15) is 0 Å². The van der Waals surface area contributed by atoms with Crippen molar-refractivity contribution in [2.24, 2.45) is 0 Å². The van der Waals surface area contributed by atoms with E-state index in [1.54, 1.807) is 18.3 Å². The number of benzene rings is 1. The van der Waals surface area contributed by atoms with Crippen LogP contribution in [0.2, 0.25) is 0 Å². The lowest BCUT2D eigenvalue weighted by atomic mass is 10.0. The minimum atomic E-state index is -0.194. The first-order valence-corrected chi connectivity index (χ1v) is 9.30. The topological polar surface area (TPSA) is 62.3 Å². The summed E-state index contributed by atoms with van der Waals surface area (Å²) >= 11 is 1.45. The second-order valence-corrected chi connectivity index (χ2v) is 7.02. The van der Waals surface area contributed by atoms with Gasteiger partial charge in [0.05, 0.1) is 10.4 Å². The Morgan fingerprint density at radius 2 is 2.08 bits per heavy atom. The number of anilines is 2. The van der Waals surface area contributed by atoms with Crippen molar-refractivity contribution < 1.29 is 9.59 Å². The van der Waals surface area contributed by atoms with Crippen LogP contribution in [0.25, 0.3) is 0 Å². The Hall–Kier alpha value is -2.99. The maximum atomic E-state index is 12.7. The lowest BCUT2D eigenvalue weighted by Gasteiger charge is -2.29. The number of nitrogens with zero attached hydrogens (tertiary/aromatic N) is 2. The van der Waals surface area contributed by atoms with E-state index in [1.807, 2.05) is 40.6 Å². The molecule has 0 aliphatic carbocycles. The van der Waals surface area contributed by atoms with Crippen LogP contribution in [0.5, 0.6) is 0 Å². The molecule has 1 N–H and O–H groups in total. The number of aryl methyl sites for hydroxylation is 1. The number of amides is 2. The second-order valence-electron chi connectivity index (χ2n) is 6.08. The van der Waals surface area contributed by atoms with E-state index < -0.39 is 0 Å². The molecule has 0 bridgehead atoms. The summed E-state index contributed by atoms with van der Waals surface area (Å²) in [5.41, 5.74) is 3.24. The van der Waals surface area contributed by atoms with Gasteiger partial charge >= 0.3 is 0 Å². The highest BCUT2D eigenvalue weighted by Gasteiger charge is 2.24. The molecule has 6 heteroatoms. The molecule has 130 valence electrons. The monoisotopic (exact) mass is 363 g/mol. The summed E-state index contributed by atoms with van der Waals surface area (Å²) in [5.74, 6) is -0.159. The molecule has 0 fully saturated rings. The fraction of sp³-hybridized carbons (Fsp3) is 0.150. The number of aromatic nitrogens is 1. The number of rotatable bonds is 3. The smallest absolute Gasteiger partial charge is 0.268 e. The van der Waals surface area contributed by atoms with Crippen LogP contribution < -0.4 is 10.2 Å². The molecule has 0 spiro atoms. The van der Waals surface area contributed by atoms with Gasteiger partial charge in [-0.15, -0.1) is 11.3 Å². The zero-order chi connectivity index (χ0) is 17.9.